The number of aryl methyl sites for hydroxylation is 1. The van der Waals surface area contributed by atoms with Crippen molar-refractivity contribution in [2.75, 3.05) is 7.11 Å². The van der Waals surface area contributed by atoms with Crippen LogP contribution >= 0.6 is 0 Å². The Morgan fingerprint density at radius 1 is 0.944 bits per heavy atom. The Kier molecular flexibility index (Phi) is 3.71. The molecular formula is C17H20O. The summed E-state index contributed by atoms with van der Waals surface area (Å²) in [5.41, 5.74) is 5.22. The second-order valence-electron chi connectivity index (χ2n) is 4.96. The lowest BCUT2D eigenvalue weighted by Gasteiger charge is -2.12. The lowest BCUT2D eigenvalue weighted by molar-refractivity contribution is 0.415. The Morgan fingerprint density at radius 3 is 2.28 bits per heavy atom. The molecule has 18 heavy (non-hydrogen) atoms. The molecule has 2 aromatic rings. The third-order valence-corrected chi connectivity index (χ3v) is 3.29. The van der Waals surface area contributed by atoms with Crippen LogP contribution in [0.2, 0.25) is 0 Å². The van der Waals surface area contributed by atoms with E-state index in [2.05, 4.69) is 51.1 Å². The summed E-state index contributed by atoms with van der Waals surface area (Å²) in [5.74, 6) is 1.47. The minimum absolute atomic E-state index is 0.573. The summed E-state index contributed by atoms with van der Waals surface area (Å²) in [6.45, 7) is 6.64. The highest BCUT2D eigenvalue weighted by Gasteiger charge is 2.05. The molecule has 0 aromatic heterocycles. The Balaban J connectivity index is 2.42. The molecule has 0 heterocycles. The first-order valence-corrected chi connectivity index (χ1v) is 6.37. The van der Waals surface area contributed by atoms with E-state index in [4.69, 9.17) is 4.74 Å². The molecule has 0 aliphatic heterocycles. The molecule has 0 unspecified atom stereocenters. The van der Waals surface area contributed by atoms with Gasteiger partial charge in [-0.25, -0.2) is 0 Å². The normalized spacial score (nSPS) is 10.7. The topological polar surface area (TPSA) is 9.23 Å². The first-order chi connectivity index (χ1) is 8.61. The first kappa shape index (κ1) is 12.7. The average Bonchev–Trinajstić information content (AvgIpc) is 2.38. The Bertz CT molecular complexity index is 541. The van der Waals surface area contributed by atoms with Crippen LogP contribution in [-0.2, 0) is 0 Å². The van der Waals surface area contributed by atoms with E-state index in [0.717, 1.165) is 5.75 Å². The quantitative estimate of drug-likeness (QED) is 0.749. The van der Waals surface area contributed by atoms with Gasteiger partial charge in [-0.3, -0.25) is 0 Å². The van der Waals surface area contributed by atoms with Gasteiger partial charge in [-0.05, 0) is 47.2 Å². The zero-order valence-corrected chi connectivity index (χ0v) is 11.5. The zero-order valence-electron chi connectivity index (χ0n) is 11.5. The summed E-state index contributed by atoms with van der Waals surface area (Å²) in [7, 11) is 1.70. The molecule has 1 heteroatoms. The molecule has 0 N–H and O–H groups in total. The second-order valence-corrected chi connectivity index (χ2v) is 4.96. The standard InChI is InChI=1S/C17H20O/c1-12(2)17-9-8-15(10-13(17)3)14-6-5-7-16(11-14)18-4/h5-12H,1-4H3. The molecule has 0 bridgehead atoms. The van der Waals surface area contributed by atoms with E-state index in [1.165, 1.54) is 22.3 Å². The molecule has 1 nitrogen and oxygen atoms in total. The van der Waals surface area contributed by atoms with Gasteiger partial charge in [0.05, 0.1) is 7.11 Å². The number of hydrogen-bond acceptors (Lipinski definition) is 1. The molecular weight excluding hydrogens is 220 g/mol. The van der Waals surface area contributed by atoms with Crippen molar-refractivity contribution in [2.45, 2.75) is 26.7 Å². The highest BCUT2D eigenvalue weighted by molar-refractivity contribution is 5.66. The average molecular weight is 240 g/mol. The summed E-state index contributed by atoms with van der Waals surface area (Å²) < 4.78 is 5.27. The molecule has 0 aliphatic rings. The Hall–Kier alpha value is -1.76. The molecule has 0 atom stereocenters. The number of rotatable bonds is 3. The van der Waals surface area contributed by atoms with Crippen LogP contribution in [0.4, 0.5) is 0 Å². The smallest absolute Gasteiger partial charge is 0.119 e. The Labute approximate surface area is 109 Å². The van der Waals surface area contributed by atoms with Crippen molar-refractivity contribution in [2.24, 2.45) is 0 Å². The molecule has 0 spiro atoms. The minimum Gasteiger partial charge on any atom is -0.497 e. The third-order valence-electron chi connectivity index (χ3n) is 3.29. The maximum atomic E-state index is 5.27. The van der Waals surface area contributed by atoms with Crippen LogP contribution in [0.15, 0.2) is 42.5 Å². The molecule has 0 amide bonds. The summed E-state index contributed by atoms with van der Waals surface area (Å²) in [4.78, 5) is 0. The van der Waals surface area contributed by atoms with E-state index in [1.807, 2.05) is 12.1 Å². The molecule has 0 aliphatic carbocycles. The van der Waals surface area contributed by atoms with Gasteiger partial charge < -0.3 is 4.74 Å². The van der Waals surface area contributed by atoms with Crippen LogP contribution in [0.1, 0.15) is 30.9 Å². The molecule has 0 saturated heterocycles. The van der Waals surface area contributed by atoms with Crippen molar-refractivity contribution in [1.29, 1.82) is 0 Å². The van der Waals surface area contributed by atoms with E-state index in [1.54, 1.807) is 7.11 Å². The number of benzene rings is 2. The van der Waals surface area contributed by atoms with E-state index in [0.29, 0.717) is 5.92 Å². The second kappa shape index (κ2) is 5.26. The highest BCUT2D eigenvalue weighted by Crippen LogP contribution is 2.28. The van der Waals surface area contributed by atoms with Crippen LogP contribution in [0.3, 0.4) is 0 Å². The van der Waals surface area contributed by atoms with Crippen molar-refractivity contribution in [3.63, 3.8) is 0 Å². The van der Waals surface area contributed by atoms with Gasteiger partial charge in [0.15, 0.2) is 0 Å². The van der Waals surface area contributed by atoms with Gasteiger partial charge in [0.25, 0.3) is 0 Å². The van der Waals surface area contributed by atoms with Crippen LogP contribution in [0.5, 0.6) is 5.75 Å². The summed E-state index contributed by atoms with van der Waals surface area (Å²) in [6, 6.07) is 14.9. The predicted octanol–water partition coefficient (Wildman–Crippen LogP) is 4.79. The van der Waals surface area contributed by atoms with E-state index in [-0.39, 0.29) is 0 Å². The van der Waals surface area contributed by atoms with E-state index >= 15 is 0 Å². The molecule has 94 valence electrons. The van der Waals surface area contributed by atoms with Crippen molar-refractivity contribution in [3.05, 3.63) is 53.6 Å². The number of methoxy groups -OCH3 is 1. The van der Waals surface area contributed by atoms with Gasteiger partial charge >= 0.3 is 0 Å². The highest BCUT2D eigenvalue weighted by atomic mass is 16.5. The maximum Gasteiger partial charge on any atom is 0.119 e. The van der Waals surface area contributed by atoms with Gasteiger partial charge in [0, 0.05) is 0 Å². The van der Waals surface area contributed by atoms with Crippen LogP contribution < -0.4 is 4.74 Å². The van der Waals surface area contributed by atoms with Gasteiger partial charge in [-0.1, -0.05) is 44.2 Å². The minimum atomic E-state index is 0.573. The molecule has 2 rings (SSSR count). The lowest BCUT2D eigenvalue weighted by atomic mass is 9.94. The Morgan fingerprint density at radius 2 is 1.67 bits per heavy atom. The summed E-state index contributed by atoms with van der Waals surface area (Å²) in [6.07, 6.45) is 0. The molecule has 2 aromatic carbocycles. The van der Waals surface area contributed by atoms with Gasteiger partial charge in [-0.2, -0.15) is 0 Å². The molecule has 0 fully saturated rings. The lowest BCUT2D eigenvalue weighted by Crippen LogP contribution is -1.92. The van der Waals surface area contributed by atoms with Crippen molar-refractivity contribution in [3.8, 4) is 16.9 Å². The van der Waals surface area contributed by atoms with E-state index in [9.17, 15) is 0 Å². The van der Waals surface area contributed by atoms with Crippen molar-refractivity contribution < 1.29 is 4.74 Å². The summed E-state index contributed by atoms with van der Waals surface area (Å²) >= 11 is 0. The fraction of sp³-hybridized carbons (Fsp3) is 0.294. The fourth-order valence-corrected chi connectivity index (χ4v) is 2.31. The zero-order chi connectivity index (χ0) is 13.1. The summed E-state index contributed by atoms with van der Waals surface area (Å²) in [5, 5.41) is 0. The van der Waals surface area contributed by atoms with Gasteiger partial charge in [0.2, 0.25) is 0 Å². The first-order valence-electron chi connectivity index (χ1n) is 6.37. The van der Waals surface area contributed by atoms with Crippen molar-refractivity contribution >= 4 is 0 Å². The van der Waals surface area contributed by atoms with E-state index < -0.39 is 0 Å². The largest absolute Gasteiger partial charge is 0.497 e. The maximum absolute atomic E-state index is 5.27. The number of hydrogen-bond donors (Lipinski definition) is 0. The van der Waals surface area contributed by atoms with Crippen molar-refractivity contribution in [1.82, 2.24) is 0 Å². The number of ether oxygens (including phenoxy) is 1. The SMILES string of the molecule is COc1cccc(-c2ccc(C(C)C)c(C)c2)c1. The fourth-order valence-electron chi connectivity index (χ4n) is 2.31. The molecule has 0 radical (unpaired) electrons. The van der Waals surface area contributed by atoms with Crippen LogP contribution in [0, 0.1) is 6.92 Å². The monoisotopic (exact) mass is 240 g/mol. The van der Waals surface area contributed by atoms with Gasteiger partial charge in [0.1, 0.15) is 5.75 Å². The molecule has 0 saturated carbocycles. The van der Waals surface area contributed by atoms with Crippen LogP contribution in [-0.4, -0.2) is 7.11 Å². The van der Waals surface area contributed by atoms with Crippen LogP contribution in [0.25, 0.3) is 11.1 Å². The predicted molar refractivity (Wildman–Crippen MR) is 77.3 cm³/mol. The third kappa shape index (κ3) is 2.56. The van der Waals surface area contributed by atoms with Gasteiger partial charge in [-0.15, -0.1) is 0 Å².